The first-order chi connectivity index (χ1) is 17.0. The molecule has 1 unspecified atom stereocenters. The monoisotopic (exact) mass is 503 g/mol. The molecule has 1 aliphatic heterocycles. The molecule has 12 heteroatoms. The number of rotatable bonds is 7. The van der Waals surface area contributed by atoms with Crippen LogP contribution < -0.4 is 4.90 Å². The molecule has 2 aromatic rings. The molecule has 0 saturated carbocycles. The third-order valence-corrected chi connectivity index (χ3v) is 5.38. The molecule has 0 aliphatic carbocycles. The summed E-state index contributed by atoms with van der Waals surface area (Å²) in [7, 11) is 0. The van der Waals surface area contributed by atoms with Crippen molar-refractivity contribution in [1.82, 2.24) is 4.90 Å². The maximum Gasteiger partial charge on any atom is 0.416 e. The molecule has 2 aromatic carbocycles. The van der Waals surface area contributed by atoms with E-state index in [0.717, 1.165) is 21.9 Å². The summed E-state index contributed by atoms with van der Waals surface area (Å²) in [4.78, 5) is 39.9. The number of benzene rings is 2. The first kappa shape index (κ1) is 26.2. The Morgan fingerprint density at radius 2 is 1.83 bits per heavy atom. The highest BCUT2D eigenvalue weighted by Gasteiger charge is 2.44. The fourth-order valence-corrected chi connectivity index (χ4v) is 3.85. The summed E-state index contributed by atoms with van der Waals surface area (Å²) in [6.07, 6.45) is -4.72. The van der Waals surface area contributed by atoms with Crippen LogP contribution in [0.1, 0.15) is 29.7 Å². The van der Waals surface area contributed by atoms with Crippen LogP contribution in [0.4, 0.5) is 23.7 Å². The number of aliphatic hydroxyl groups excluding tert-OH is 1. The number of nitrogens with zero attached hydrogens (tertiary/aromatic N) is 3. The minimum absolute atomic E-state index is 0.0849. The standard InChI is InChI=1S/C24H20F3N3O6/c1-14-20(22(34)36-10-9-31)21(16-7-5-15(12-28)6-8-16)29(13-19(32)33)23(35)30(14)18-4-2-3-17(11-18)24(25,26)27/h2-8,11,21,31H,9-10,13H2,1H3,(H,32,33). The van der Waals surface area contributed by atoms with Crippen molar-refractivity contribution in [2.75, 3.05) is 24.7 Å². The lowest BCUT2D eigenvalue weighted by molar-refractivity contribution is -0.142. The molecule has 0 bridgehead atoms. The molecule has 9 nitrogen and oxygen atoms in total. The molecular weight excluding hydrogens is 483 g/mol. The Morgan fingerprint density at radius 1 is 1.17 bits per heavy atom. The van der Waals surface area contributed by atoms with Crippen LogP contribution >= 0.6 is 0 Å². The summed E-state index contributed by atoms with van der Waals surface area (Å²) < 4.78 is 45.1. The summed E-state index contributed by atoms with van der Waals surface area (Å²) in [6, 6.07) is 9.12. The number of hydrogen-bond acceptors (Lipinski definition) is 6. The topological polar surface area (TPSA) is 131 Å². The van der Waals surface area contributed by atoms with E-state index in [1.807, 2.05) is 6.07 Å². The summed E-state index contributed by atoms with van der Waals surface area (Å²) in [6.45, 7) is -0.508. The number of amides is 2. The number of carboxylic acid groups (broad SMARTS) is 1. The van der Waals surface area contributed by atoms with E-state index >= 15 is 0 Å². The number of aliphatic carboxylic acids is 1. The number of ether oxygens (including phenoxy) is 1. The van der Waals surface area contributed by atoms with Gasteiger partial charge in [0.2, 0.25) is 0 Å². The predicted molar refractivity (Wildman–Crippen MR) is 118 cm³/mol. The summed E-state index contributed by atoms with van der Waals surface area (Å²) in [5, 5.41) is 27.7. The molecule has 0 aromatic heterocycles. The van der Waals surface area contributed by atoms with E-state index in [4.69, 9.17) is 15.1 Å². The number of carboxylic acids is 1. The van der Waals surface area contributed by atoms with E-state index in [1.54, 1.807) is 0 Å². The Bertz CT molecular complexity index is 1250. The number of hydrogen-bond donors (Lipinski definition) is 2. The fraction of sp³-hybridized carbons (Fsp3) is 0.250. The average Bonchev–Trinajstić information content (AvgIpc) is 2.83. The first-order valence-electron chi connectivity index (χ1n) is 10.5. The van der Waals surface area contributed by atoms with E-state index in [-0.39, 0.29) is 28.1 Å². The van der Waals surface area contributed by atoms with Crippen molar-refractivity contribution in [3.8, 4) is 6.07 Å². The van der Waals surface area contributed by atoms with Crippen molar-refractivity contribution in [3.63, 3.8) is 0 Å². The Labute approximate surface area is 203 Å². The molecule has 36 heavy (non-hydrogen) atoms. The van der Waals surface area contributed by atoms with Crippen LogP contribution in [-0.4, -0.2) is 52.8 Å². The zero-order chi connectivity index (χ0) is 26.6. The second-order valence-corrected chi connectivity index (χ2v) is 7.68. The van der Waals surface area contributed by atoms with Gasteiger partial charge in [0, 0.05) is 5.70 Å². The second-order valence-electron chi connectivity index (χ2n) is 7.68. The minimum Gasteiger partial charge on any atom is -0.480 e. The van der Waals surface area contributed by atoms with Gasteiger partial charge in [0.25, 0.3) is 0 Å². The molecule has 2 amide bonds. The zero-order valence-corrected chi connectivity index (χ0v) is 18.8. The van der Waals surface area contributed by atoms with Gasteiger partial charge in [-0.1, -0.05) is 18.2 Å². The van der Waals surface area contributed by atoms with E-state index < -0.39 is 55.5 Å². The molecule has 1 atom stereocenters. The average molecular weight is 503 g/mol. The second kappa shape index (κ2) is 10.5. The molecule has 0 spiro atoms. The number of aliphatic hydroxyl groups is 1. The number of carbonyl (C=O) groups excluding carboxylic acids is 2. The Hall–Kier alpha value is -4.37. The smallest absolute Gasteiger partial charge is 0.416 e. The summed E-state index contributed by atoms with van der Waals surface area (Å²) in [5.74, 6) is -2.44. The molecule has 0 radical (unpaired) electrons. The number of halogens is 3. The number of carbonyl (C=O) groups is 3. The molecule has 1 heterocycles. The molecular formula is C24H20F3N3O6. The van der Waals surface area contributed by atoms with Crippen molar-refractivity contribution >= 4 is 23.7 Å². The van der Waals surface area contributed by atoms with Crippen LogP contribution in [0.15, 0.2) is 59.8 Å². The van der Waals surface area contributed by atoms with Gasteiger partial charge in [0.1, 0.15) is 13.2 Å². The van der Waals surface area contributed by atoms with E-state index in [0.29, 0.717) is 6.07 Å². The molecule has 1 aliphatic rings. The van der Waals surface area contributed by atoms with Crippen LogP contribution in [0.3, 0.4) is 0 Å². The summed E-state index contributed by atoms with van der Waals surface area (Å²) in [5.41, 5.74) is -1.06. The number of nitriles is 1. The number of alkyl halides is 3. The van der Waals surface area contributed by atoms with E-state index in [9.17, 15) is 32.7 Å². The molecule has 0 fully saturated rings. The van der Waals surface area contributed by atoms with Gasteiger partial charge in [-0.15, -0.1) is 0 Å². The quantitative estimate of drug-likeness (QED) is 0.554. The Kier molecular flexibility index (Phi) is 7.65. The third-order valence-electron chi connectivity index (χ3n) is 5.38. The van der Waals surface area contributed by atoms with Gasteiger partial charge >= 0.3 is 24.1 Å². The van der Waals surface area contributed by atoms with Crippen molar-refractivity contribution in [2.45, 2.75) is 19.1 Å². The maximum atomic E-state index is 13.6. The number of anilines is 1. The SMILES string of the molecule is CC1=C(C(=O)OCCO)C(c2ccc(C#N)cc2)N(CC(=O)O)C(=O)N1c1cccc(C(F)(F)F)c1. The zero-order valence-electron chi connectivity index (χ0n) is 18.8. The predicted octanol–water partition coefficient (Wildman–Crippen LogP) is 3.45. The highest BCUT2D eigenvalue weighted by Crippen LogP contribution is 2.41. The lowest BCUT2D eigenvalue weighted by Gasteiger charge is -2.42. The largest absolute Gasteiger partial charge is 0.480 e. The van der Waals surface area contributed by atoms with Gasteiger partial charge < -0.3 is 19.8 Å². The molecule has 0 saturated heterocycles. The highest BCUT2D eigenvalue weighted by atomic mass is 19.4. The van der Waals surface area contributed by atoms with Gasteiger partial charge in [-0.2, -0.15) is 18.4 Å². The van der Waals surface area contributed by atoms with Crippen LogP contribution in [0, 0.1) is 11.3 Å². The van der Waals surface area contributed by atoms with Gasteiger partial charge in [0.15, 0.2) is 0 Å². The number of esters is 1. The van der Waals surface area contributed by atoms with Crippen molar-refractivity contribution in [2.24, 2.45) is 0 Å². The van der Waals surface area contributed by atoms with Gasteiger partial charge in [-0.25, -0.2) is 9.59 Å². The molecule has 2 N–H and O–H groups in total. The van der Waals surface area contributed by atoms with Gasteiger partial charge in [-0.3, -0.25) is 9.69 Å². The molecule has 188 valence electrons. The van der Waals surface area contributed by atoms with E-state index in [1.165, 1.54) is 37.3 Å². The van der Waals surface area contributed by atoms with Crippen molar-refractivity contribution < 1.29 is 42.5 Å². The Balaban J connectivity index is 2.27. The lowest BCUT2D eigenvalue weighted by atomic mass is 9.92. The molecule has 3 rings (SSSR count). The number of urea groups is 1. The van der Waals surface area contributed by atoms with Crippen molar-refractivity contribution in [1.29, 1.82) is 5.26 Å². The maximum absolute atomic E-state index is 13.6. The Morgan fingerprint density at radius 3 is 2.39 bits per heavy atom. The minimum atomic E-state index is -4.72. The number of allylic oxidation sites excluding steroid dienone is 1. The van der Waals surface area contributed by atoms with Crippen molar-refractivity contribution in [3.05, 3.63) is 76.5 Å². The van der Waals surface area contributed by atoms with Gasteiger partial charge in [0.05, 0.1) is 41.1 Å². The summed E-state index contributed by atoms with van der Waals surface area (Å²) >= 11 is 0. The first-order valence-corrected chi connectivity index (χ1v) is 10.5. The van der Waals surface area contributed by atoms with Crippen LogP contribution in [0.2, 0.25) is 0 Å². The van der Waals surface area contributed by atoms with Crippen LogP contribution in [0.25, 0.3) is 0 Å². The van der Waals surface area contributed by atoms with Crippen LogP contribution in [0.5, 0.6) is 0 Å². The highest BCUT2D eigenvalue weighted by molar-refractivity contribution is 6.04. The van der Waals surface area contributed by atoms with Crippen LogP contribution in [-0.2, 0) is 20.5 Å². The third kappa shape index (κ3) is 5.31. The normalized spacial score (nSPS) is 16.1. The lowest BCUT2D eigenvalue weighted by Crippen LogP contribution is -2.52. The fourth-order valence-electron chi connectivity index (χ4n) is 3.85. The van der Waals surface area contributed by atoms with Gasteiger partial charge in [-0.05, 0) is 42.8 Å². The van der Waals surface area contributed by atoms with E-state index in [2.05, 4.69) is 0 Å².